The summed E-state index contributed by atoms with van der Waals surface area (Å²) in [5, 5.41) is 5.61. The van der Waals surface area contributed by atoms with E-state index in [1.165, 1.54) is 0 Å². The van der Waals surface area contributed by atoms with Crippen LogP contribution in [0.15, 0.2) is 18.2 Å². The Balaban J connectivity index is 2.48. The first-order valence-corrected chi connectivity index (χ1v) is 6.60. The van der Waals surface area contributed by atoms with Crippen LogP contribution < -0.4 is 10.6 Å². The van der Waals surface area contributed by atoms with Crippen LogP contribution in [0.1, 0.15) is 22.8 Å². The van der Waals surface area contributed by atoms with Crippen LogP contribution in [-0.2, 0) is 4.74 Å². The van der Waals surface area contributed by atoms with E-state index in [1.54, 1.807) is 12.1 Å². The summed E-state index contributed by atoms with van der Waals surface area (Å²) >= 11 is 0. The summed E-state index contributed by atoms with van der Waals surface area (Å²) < 4.78 is 40.0. The average molecular weight is 304 g/mol. The molecule has 1 aromatic carbocycles. The van der Waals surface area contributed by atoms with Crippen molar-refractivity contribution in [1.29, 1.82) is 0 Å². The molecule has 118 valence electrons. The second-order valence-corrected chi connectivity index (χ2v) is 4.50. The molecule has 0 atom stereocenters. The maximum atomic E-state index is 12.0. The largest absolute Gasteiger partial charge is 0.411 e. The molecule has 0 radical (unpaired) electrons. The predicted molar refractivity (Wildman–Crippen MR) is 74.5 cm³/mol. The van der Waals surface area contributed by atoms with Crippen LogP contribution >= 0.6 is 0 Å². The molecule has 0 heterocycles. The number of ether oxygens (including phenoxy) is 1. The first-order valence-electron chi connectivity index (χ1n) is 6.60. The molecule has 0 spiro atoms. The predicted octanol–water partition coefficient (Wildman–Crippen LogP) is 2.74. The lowest BCUT2D eigenvalue weighted by Gasteiger charge is -2.12. The zero-order chi connectivity index (χ0) is 15.9. The summed E-state index contributed by atoms with van der Waals surface area (Å²) in [7, 11) is 0. The minimum Gasteiger partial charge on any atom is -0.385 e. The van der Waals surface area contributed by atoms with Crippen molar-refractivity contribution >= 4 is 11.6 Å². The number of carbonyl (C=O) groups excluding carboxylic acids is 1. The van der Waals surface area contributed by atoms with Crippen molar-refractivity contribution in [2.75, 3.05) is 31.6 Å². The second-order valence-electron chi connectivity index (χ2n) is 4.50. The first-order chi connectivity index (χ1) is 9.83. The van der Waals surface area contributed by atoms with Crippen LogP contribution in [0.2, 0.25) is 0 Å². The molecule has 0 saturated heterocycles. The standard InChI is InChI=1S/C14H19F3N2O2/c1-3-18-12-8-10(2)4-5-11(12)13(20)19-6-7-21-9-14(15,16)17/h4-5,8,18H,3,6-7,9H2,1-2H3,(H,19,20). The highest BCUT2D eigenvalue weighted by molar-refractivity contribution is 5.99. The number of carbonyl (C=O) groups is 1. The van der Waals surface area contributed by atoms with Gasteiger partial charge in [-0.15, -0.1) is 0 Å². The number of hydrogen-bond donors (Lipinski definition) is 2. The minimum absolute atomic E-state index is 0.0222. The maximum absolute atomic E-state index is 12.0. The summed E-state index contributed by atoms with van der Waals surface area (Å²) in [6.45, 7) is 3.01. The normalized spacial score (nSPS) is 11.3. The van der Waals surface area contributed by atoms with Crippen LogP contribution in [0.3, 0.4) is 0 Å². The number of alkyl halides is 3. The van der Waals surface area contributed by atoms with E-state index in [0.29, 0.717) is 17.8 Å². The minimum atomic E-state index is -4.35. The van der Waals surface area contributed by atoms with Gasteiger partial charge in [-0.05, 0) is 31.5 Å². The van der Waals surface area contributed by atoms with Gasteiger partial charge in [0, 0.05) is 18.8 Å². The molecule has 0 saturated carbocycles. The van der Waals surface area contributed by atoms with Gasteiger partial charge in [-0.25, -0.2) is 0 Å². The Kier molecular flexibility index (Phi) is 6.48. The molecule has 1 aromatic rings. The van der Waals surface area contributed by atoms with Crippen LogP contribution in [0, 0.1) is 6.92 Å². The van der Waals surface area contributed by atoms with E-state index in [1.807, 2.05) is 19.9 Å². The van der Waals surface area contributed by atoms with Crippen molar-refractivity contribution in [3.8, 4) is 0 Å². The highest BCUT2D eigenvalue weighted by Gasteiger charge is 2.27. The van der Waals surface area contributed by atoms with Crippen LogP contribution in [-0.4, -0.2) is 38.4 Å². The van der Waals surface area contributed by atoms with Gasteiger partial charge < -0.3 is 15.4 Å². The van der Waals surface area contributed by atoms with Crippen molar-refractivity contribution in [2.45, 2.75) is 20.0 Å². The summed E-state index contributed by atoms with van der Waals surface area (Å²) in [5.74, 6) is -0.346. The first kappa shape index (κ1) is 17.3. The van der Waals surface area contributed by atoms with Crippen LogP contribution in [0.25, 0.3) is 0 Å². The molecular weight excluding hydrogens is 285 g/mol. The Morgan fingerprint density at radius 1 is 1.33 bits per heavy atom. The Labute approximate surface area is 121 Å². The number of hydrogen-bond acceptors (Lipinski definition) is 3. The highest BCUT2D eigenvalue weighted by atomic mass is 19.4. The number of benzene rings is 1. The van der Waals surface area contributed by atoms with Gasteiger partial charge in [0.05, 0.1) is 12.2 Å². The van der Waals surface area contributed by atoms with E-state index in [-0.39, 0.29) is 19.1 Å². The van der Waals surface area contributed by atoms with E-state index in [4.69, 9.17) is 0 Å². The van der Waals surface area contributed by atoms with E-state index < -0.39 is 12.8 Å². The van der Waals surface area contributed by atoms with Crippen molar-refractivity contribution in [3.05, 3.63) is 29.3 Å². The highest BCUT2D eigenvalue weighted by Crippen LogP contribution is 2.17. The maximum Gasteiger partial charge on any atom is 0.411 e. The summed E-state index contributed by atoms with van der Waals surface area (Å²) in [5.41, 5.74) is 2.17. The van der Waals surface area contributed by atoms with Crippen molar-refractivity contribution in [2.24, 2.45) is 0 Å². The fourth-order valence-corrected chi connectivity index (χ4v) is 1.71. The molecule has 1 rings (SSSR count). The molecule has 7 heteroatoms. The fourth-order valence-electron chi connectivity index (χ4n) is 1.71. The fraction of sp³-hybridized carbons (Fsp3) is 0.500. The molecular formula is C14H19F3N2O2. The average Bonchev–Trinajstić information content (AvgIpc) is 2.37. The van der Waals surface area contributed by atoms with E-state index in [2.05, 4.69) is 15.4 Å². The Hall–Kier alpha value is -1.76. The van der Waals surface area contributed by atoms with Gasteiger partial charge in [-0.3, -0.25) is 4.79 Å². The van der Waals surface area contributed by atoms with Crippen LogP contribution in [0.4, 0.5) is 18.9 Å². The molecule has 0 aliphatic carbocycles. The number of rotatable bonds is 7. The molecule has 1 amide bonds. The molecule has 0 fully saturated rings. The smallest absolute Gasteiger partial charge is 0.385 e. The van der Waals surface area contributed by atoms with Gasteiger partial charge >= 0.3 is 6.18 Å². The summed E-state index contributed by atoms with van der Waals surface area (Å²) in [6.07, 6.45) is -4.35. The number of halogens is 3. The third kappa shape index (κ3) is 6.48. The van der Waals surface area contributed by atoms with Crippen LogP contribution in [0.5, 0.6) is 0 Å². The monoisotopic (exact) mass is 304 g/mol. The van der Waals surface area contributed by atoms with E-state index in [0.717, 1.165) is 5.56 Å². The molecule has 4 nitrogen and oxygen atoms in total. The second kappa shape index (κ2) is 7.87. The van der Waals surface area contributed by atoms with Gasteiger partial charge in [0.15, 0.2) is 0 Å². The number of nitrogens with one attached hydrogen (secondary N) is 2. The Bertz CT molecular complexity index is 476. The molecule has 0 unspecified atom stereocenters. The molecule has 0 aromatic heterocycles. The van der Waals surface area contributed by atoms with Crippen molar-refractivity contribution < 1.29 is 22.7 Å². The Morgan fingerprint density at radius 3 is 2.67 bits per heavy atom. The topological polar surface area (TPSA) is 50.4 Å². The van der Waals surface area contributed by atoms with Gasteiger partial charge in [0.25, 0.3) is 5.91 Å². The molecule has 0 aliphatic rings. The van der Waals surface area contributed by atoms with Gasteiger partial charge in [-0.1, -0.05) is 6.07 Å². The van der Waals surface area contributed by atoms with E-state index >= 15 is 0 Å². The lowest BCUT2D eigenvalue weighted by molar-refractivity contribution is -0.173. The van der Waals surface area contributed by atoms with E-state index in [9.17, 15) is 18.0 Å². The number of aryl methyl sites for hydroxylation is 1. The number of anilines is 1. The molecule has 2 N–H and O–H groups in total. The third-order valence-corrected chi connectivity index (χ3v) is 2.58. The SMILES string of the molecule is CCNc1cc(C)ccc1C(=O)NCCOCC(F)(F)F. The third-order valence-electron chi connectivity index (χ3n) is 2.58. The molecule has 21 heavy (non-hydrogen) atoms. The summed E-state index contributed by atoms with van der Waals surface area (Å²) in [4.78, 5) is 12.0. The Morgan fingerprint density at radius 2 is 2.05 bits per heavy atom. The van der Waals surface area contributed by atoms with Crippen molar-refractivity contribution in [1.82, 2.24) is 5.32 Å². The lowest BCUT2D eigenvalue weighted by atomic mass is 10.1. The van der Waals surface area contributed by atoms with Gasteiger partial charge in [0.2, 0.25) is 0 Å². The van der Waals surface area contributed by atoms with Gasteiger partial charge in [-0.2, -0.15) is 13.2 Å². The molecule has 0 aliphatic heterocycles. The zero-order valence-corrected chi connectivity index (χ0v) is 12.0. The van der Waals surface area contributed by atoms with Crippen molar-refractivity contribution in [3.63, 3.8) is 0 Å². The molecule has 0 bridgehead atoms. The number of amides is 1. The lowest BCUT2D eigenvalue weighted by Crippen LogP contribution is -2.29. The quantitative estimate of drug-likeness (QED) is 0.762. The summed E-state index contributed by atoms with van der Waals surface area (Å²) in [6, 6.07) is 5.33. The van der Waals surface area contributed by atoms with Gasteiger partial charge in [0.1, 0.15) is 6.61 Å². The zero-order valence-electron chi connectivity index (χ0n) is 12.0.